The van der Waals surface area contributed by atoms with Crippen LogP contribution in [0.3, 0.4) is 0 Å². The predicted molar refractivity (Wildman–Crippen MR) is 72.7 cm³/mol. The number of likely N-dealkylation sites (tertiary alicyclic amines) is 1. The Morgan fingerprint density at radius 3 is 2.68 bits per heavy atom. The topological polar surface area (TPSA) is 29.3 Å². The minimum absolute atomic E-state index is 0.231. The van der Waals surface area contributed by atoms with Crippen LogP contribution in [0.25, 0.3) is 0 Å². The number of rotatable bonds is 3. The largest absolute Gasteiger partial charge is 0.329 e. The number of hydrogen-bond donors (Lipinski definition) is 1. The molecule has 1 aliphatic rings. The zero-order valence-corrected chi connectivity index (χ0v) is 11.6. The quantitative estimate of drug-likeness (QED) is 0.913. The molecule has 4 heteroatoms. The summed E-state index contributed by atoms with van der Waals surface area (Å²) in [6, 6.07) is 3.37. The molecule has 1 aliphatic heterocycles. The summed E-state index contributed by atoms with van der Waals surface area (Å²) < 4.78 is 27.2. The van der Waals surface area contributed by atoms with E-state index < -0.39 is 5.82 Å². The summed E-state index contributed by atoms with van der Waals surface area (Å²) >= 11 is 0. The Hall–Kier alpha value is -1.00. The predicted octanol–water partition coefficient (Wildman–Crippen LogP) is 2.94. The van der Waals surface area contributed by atoms with Gasteiger partial charge in [-0.05, 0) is 43.0 Å². The minimum atomic E-state index is -0.409. The monoisotopic (exact) mass is 268 g/mol. The first kappa shape index (κ1) is 14.4. The molecule has 2 rings (SSSR count). The number of nitrogens with two attached hydrogens (primary N) is 1. The molecule has 2 N–H and O–H groups in total. The summed E-state index contributed by atoms with van der Waals surface area (Å²) in [5.74, 6) is 0.447. The standard InChI is InChI=1S/C15H22F2N2/c1-10-5-6-19(9-11(10)2)15(8-18)13-7-12(16)3-4-14(13)17/h3-4,7,10-11,15H,5-6,8-9,18H2,1-2H3. The van der Waals surface area contributed by atoms with Gasteiger partial charge in [-0.3, -0.25) is 4.90 Å². The van der Waals surface area contributed by atoms with Crippen LogP contribution < -0.4 is 5.73 Å². The normalized spacial score (nSPS) is 26.4. The van der Waals surface area contributed by atoms with E-state index in [1.54, 1.807) is 0 Å². The molecule has 0 aromatic heterocycles. The molecule has 3 unspecified atom stereocenters. The maximum Gasteiger partial charge on any atom is 0.128 e. The second-order valence-electron chi connectivity index (χ2n) is 5.66. The Morgan fingerprint density at radius 1 is 1.32 bits per heavy atom. The summed E-state index contributed by atoms with van der Waals surface area (Å²) in [7, 11) is 0. The molecule has 106 valence electrons. The fraction of sp³-hybridized carbons (Fsp3) is 0.600. The number of piperidine rings is 1. The van der Waals surface area contributed by atoms with E-state index in [4.69, 9.17) is 5.73 Å². The van der Waals surface area contributed by atoms with Crippen LogP contribution in [0.5, 0.6) is 0 Å². The van der Waals surface area contributed by atoms with Gasteiger partial charge in [0.2, 0.25) is 0 Å². The van der Waals surface area contributed by atoms with Crippen molar-refractivity contribution in [1.82, 2.24) is 4.90 Å². The van der Waals surface area contributed by atoms with Gasteiger partial charge in [0.05, 0.1) is 6.04 Å². The summed E-state index contributed by atoms with van der Waals surface area (Å²) in [4.78, 5) is 2.18. The van der Waals surface area contributed by atoms with E-state index in [0.29, 0.717) is 23.9 Å². The fourth-order valence-electron chi connectivity index (χ4n) is 2.82. The lowest BCUT2D eigenvalue weighted by atomic mass is 9.87. The summed E-state index contributed by atoms with van der Waals surface area (Å²) in [6.45, 7) is 6.53. The van der Waals surface area contributed by atoms with E-state index >= 15 is 0 Å². The van der Waals surface area contributed by atoms with Crippen molar-refractivity contribution < 1.29 is 8.78 Å². The van der Waals surface area contributed by atoms with Crippen molar-refractivity contribution in [3.63, 3.8) is 0 Å². The third kappa shape index (κ3) is 3.12. The van der Waals surface area contributed by atoms with Crippen molar-refractivity contribution in [3.05, 3.63) is 35.4 Å². The van der Waals surface area contributed by atoms with Gasteiger partial charge in [-0.15, -0.1) is 0 Å². The first-order chi connectivity index (χ1) is 9.02. The molecule has 3 atom stereocenters. The number of benzene rings is 1. The van der Waals surface area contributed by atoms with Crippen LogP contribution in [0.4, 0.5) is 8.78 Å². The van der Waals surface area contributed by atoms with E-state index in [0.717, 1.165) is 25.6 Å². The molecule has 0 spiro atoms. The first-order valence-corrected chi connectivity index (χ1v) is 6.92. The second-order valence-corrected chi connectivity index (χ2v) is 5.66. The molecule has 0 bridgehead atoms. The van der Waals surface area contributed by atoms with Gasteiger partial charge in [0.15, 0.2) is 0 Å². The molecular formula is C15H22F2N2. The molecule has 1 aromatic rings. The molecule has 1 aromatic carbocycles. The molecule has 2 nitrogen and oxygen atoms in total. The molecule has 0 aliphatic carbocycles. The lowest BCUT2D eigenvalue weighted by Crippen LogP contribution is -2.43. The lowest BCUT2D eigenvalue weighted by Gasteiger charge is -2.40. The molecule has 1 saturated heterocycles. The number of hydrogen-bond acceptors (Lipinski definition) is 2. The number of nitrogens with zero attached hydrogens (tertiary/aromatic N) is 1. The van der Waals surface area contributed by atoms with Crippen molar-refractivity contribution in [2.75, 3.05) is 19.6 Å². The van der Waals surface area contributed by atoms with Crippen LogP contribution in [-0.2, 0) is 0 Å². The van der Waals surface area contributed by atoms with Crippen LogP contribution in [0.15, 0.2) is 18.2 Å². The van der Waals surface area contributed by atoms with Gasteiger partial charge in [-0.1, -0.05) is 13.8 Å². The third-order valence-corrected chi connectivity index (χ3v) is 4.35. The highest BCUT2D eigenvalue weighted by molar-refractivity contribution is 5.23. The summed E-state index contributed by atoms with van der Waals surface area (Å²) in [6.07, 6.45) is 1.08. The van der Waals surface area contributed by atoms with Gasteiger partial charge in [0.25, 0.3) is 0 Å². The summed E-state index contributed by atoms with van der Waals surface area (Å²) in [5.41, 5.74) is 6.18. The SMILES string of the molecule is CC1CCN(C(CN)c2cc(F)ccc2F)CC1C. The van der Waals surface area contributed by atoms with Crippen molar-refractivity contribution in [2.45, 2.75) is 26.3 Å². The van der Waals surface area contributed by atoms with Crippen molar-refractivity contribution in [1.29, 1.82) is 0 Å². The van der Waals surface area contributed by atoms with Crippen molar-refractivity contribution >= 4 is 0 Å². The van der Waals surface area contributed by atoms with Crippen LogP contribution in [0.1, 0.15) is 31.9 Å². The Kier molecular flexibility index (Phi) is 4.53. The number of halogens is 2. The average Bonchev–Trinajstić information content (AvgIpc) is 2.38. The van der Waals surface area contributed by atoms with Gasteiger partial charge in [-0.25, -0.2) is 8.78 Å². The average molecular weight is 268 g/mol. The fourth-order valence-corrected chi connectivity index (χ4v) is 2.82. The molecule has 0 saturated carbocycles. The van der Waals surface area contributed by atoms with E-state index in [9.17, 15) is 8.78 Å². The Labute approximate surface area is 113 Å². The van der Waals surface area contributed by atoms with Crippen LogP contribution in [0.2, 0.25) is 0 Å². The zero-order valence-electron chi connectivity index (χ0n) is 11.6. The lowest BCUT2D eigenvalue weighted by molar-refractivity contribution is 0.0965. The van der Waals surface area contributed by atoms with Crippen LogP contribution in [0, 0.1) is 23.5 Å². The Bertz CT molecular complexity index is 436. The van der Waals surface area contributed by atoms with E-state index in [1.165, 1.54) is 12.1 Å². The molecular weight excluding hydrogens is 246 g/mol. The third-order valence-electron chi connectivity index (χ3n) is 4.35. The maximum absolute atomic E-state index is 13.9. The maximum atomic E-state index is 13.9. The molecule has 0 radical (unpaired) electrons. The van der Waals surface area contributed by atoms with Crippen LogP contribution in [-0.4, -0.2) is 24.5 Å². The van der Waals surface area contributed by atoms with Crippen molar-refractivity contribution in [2.24, 2.45) is 17.6 Å². The smallest absolute Gasteiger partial charge is 0.128 e. The van der Waals surface area contributed by atoms with E-state index in [-0.39, 0.29) is 11.9 Å². The highest BCUT2D eigenvalue weighted by atomic mass is 19.1. The molecule has 0 amide bonds. The van der Waals surface area contributed by atoms with Gasteiger partial charge in [0, 0.05) is 18.7 Å². The zero-order chi connectivity index (χ0) is 14.0. The van der Waals surface area contributed by atoms with E-state index in [2.05, 4.69) is 18.7 Å². The van der Waals surface area contributed by atoms with Gasteiger partial charge in [-0.2, -0.15) is 0 Å². The highest BCUT2D eigenvalue weighted by Crippen LogP contribution is 2.30. The van der Waals surface area contributed by atoms with Gasteiger partial charge >= 0.3 is 0 Å². The van der Waals surface area contributed by atoms with E-state index in [1.807, 2.05) is 0 Å². The summed E-state index contributed by atoms with van der Waals surface area (Å²) in [5, 5.41) is 0. The van der Waals surface area contributed by atoms with Crippen molar-refractivity contribution in [3.8, 4) is 0 Å². The molecule has 1 heterocycles. The Balaban J connectivity index is 2.22. The van der Waals surface area contributed by atoms with Crippen LogP contribution >= 0.6 is 0 Å². The van der Waals surface area contributed by atoms with Gasteiger partial charge in [0.1, 0.15) is 11.6 Å². The Morgan fingerprint density at radius 2 is 2.05 bits per heavy atom. The molecule has 19 heavy (non-hydrogen) atoms. The second kappa shape index (κ2) is 5.97. The highest BCUT2D eigenvalue weighted by Gasteiger charge is 2.29. The minimum Gasteiger partial charge on any atom is -0.329 e. The van der Waals surface area contributed by atoms with Gasteiger partial charge < -0.3 is 5.73 Å². The molecule has 1 fully saturated rings. The first-order valence-electron chi connectivity index (χ1n) is 6.92.